The van der Waals surface area contributed by atoms with E-state index in [1.54, 1.807) is 12.1 Å². The normalized spacial score (nSPS) is 10.9. The van der Waals surface area contributed by atoms with Crippen LogP contribution in [0.3, 0.4) is 0 Å². The Morgan fingerprint density at radius 2 is 1.71 bits per heavy atom. The number of halogens is 1. The highest BCUT2D eigenvalue weighted by Crippen LogP contribution is 2.10. The molecule has 0 saturated heterocycles. The zero-order chi connectivity index (χ0) is 16.9. The molecule has 0 bridgehead atoms. The number of imidazole rings is 1. The number of hydrogen-bond acceptors (Lipinski definition) is 2. The molecule has 0 spiro atoms. The molecule has 1 heterocycles. The molecule has 0 saturated carbocycles. The first-order valence-electron chi connectivity index (χ1n) is 7.82. The maximum Gasteiger partial charge on any atom is 0.323 e. The third kappa shape index (κ3) is 4.10. The van der Waals surface area contributed by atoms with Crippen molar-refractivity contribution in [2.24, 2.45) is 0 Å². The molecule has 0 atom stereocenters. The molecule has 6 heteroatoms. The number of rotatable bonds is 6. The van der Waals surface area contributed by atoms with Crippen molar-refractivity contribution in [3.05, 3.63) is 69.9 Å². The smallest absolute Gasteiger partial charge is 0.323 e. The predicted molar refractivity (Wildman–Crippen MR) is 90.1 cm³/mol. The molecule has 3 rings (SSSR count). The molecule has 124 valence electrons. The Bertz CT molecular complexity index is 897. The van der Waals surface area contributed by atoms with Crippen molar-refractivity contribution >= 4 is 16.9 Å². The highest BCUT2D eigenvalue weighted by Gasteiger charge is 2.04. The molecule has 3 N–H and O–H groups in total. The van der Waals surface area contributed by atoms with Crippen LogP contribution >= 0.6 is 0 Å². The van der Waals surface area contributed by atoms with Gasteiger partial charge < -0.3 is 15.3 Å². The van der Waals surface area contributed by atoms with E-state index in [0.717, 1.165) is 28.6 Å². The van der Waals surface area contributed by atoms with Gasteiger partial charge in [0, 0.05) is 13.0 Å². The molecule has 0 aliphatic heterocycles. The minimum Gasteiger partial charge on any atom is -0.352 e. The first-order valence-corrected chi connectivity index (χ1v) is 7.82. The SMILES string of the molecule is O=C(CCCc1ccc(F)cc1)NCc1ccc2[nH]c(=O)[nH]c2c1. The average Bonchev–Trinajstić information content (AvgIpc) is 2.94. The van der Waals surface area contributed by atoms with Crippen molar-refractivity contribution < 1.29 is 9.18 Å². The zero-order valence-electron chi connectivity index (χ0n) is 13.1. The van der Waals surface area contributed by atoms with Gasteiger partial charge in [-0.25, -0.2) is 9.18 Å². The summed E-state index contributed by atoms with van der Waals surface area (Å²) in [5, 5.41) is 2.86. The number of fused-ring (bicyclic) bond motifs is 1. The number of benzene rings is 2. The van der Waals surface area contributed by atoms with Crippen LogP contribution in [0.4, 0.5) is 4.39 Å². The summed E-state index contributed by atoms with van der Waals surface area (Å²) in [6.45, 7) is 0.415. The summed E-state index contributed by atoms with van der Waals surface area (Å²) in [5.74, 6) is -0.281. The molecule has 1 aromatic heterocycles. The van der Waals surface area contributed by atoms with Crippen molar-refractivity contribution in [3.8, 4) is 0 Å². The molecule has 5 nitrogen and oxygen atoms in total. The van der Waals surface area contributed by atoms with E-state index in [2.05, 4.69) is 15.3 Å². The van der Waals surface area contributed by atoms with Gasteiger partial charge in [-0.3, -0.25) is 4.79 Å². The summed E-state index contributed by atoms with van der Waals surface area (Å²) in [6.07, 6.45) is 1.87. The standard InChI is InChI=1S/C18H18FN3O2/c19-14-7-4-12(5-8-14)2-1-3-17(23)20-11-13-6-9-15-16(10-13)22-18(24)21-15/h4-10H,1-3,11H2,(H,20,23)(H2,21,22,24). The topological polar surface area (TPSA) is 77.8 Å². The Labute approximate surface area is 137 Å². The highest BCUT2D eigenvalue weighted by molar-refractivity contribution is 5.77. The number of aromatic amines is 2. The van der Waals surface area contributed by atoms with Crippen molar-refractivity contribution in [1.29, 1.82) is 0 Å². The van der Waals surface area contributed by atoms with Gasteiger partial charge in [-0.2, -0.15) is 0 Å². The monoisotopic (exact) mass is 327 g/mol. The molecule has 0 aliphatic rings. The molecule has 0 unspecified atom stereocenters. The number of aryl methyl sites for hydroxylation is 1. The molecule has 24 heavy (non-hydrogen) atoms. The number of H-pyrrole nitrogens is 2. The Balaban J connectivity index is 1.46. The van der Waals surface area contributed by atoms with E-state index in [-0.39, 0.29) is 17.4 Å². The fourth-order valence-corrected chi connectivity index (χ4v) is 2.58. The lowest BCUT2D eigenvalue weighted by molar-refractivity contribution is -0.121. The van der Waals surface area contributed by atoms with Crippen LogP contribution in [0.5, 0.6) is 0 Å². The Hall–Kier alpha value is -2.89. The van der Waals surface area contributed by atoms with Crippen molar-refractivity contribution in [1.82, 2.24) is 15.3 Å². The molecular weight excluding hydrogens is 309 g/mol. The Morgan fingerprint density at radius 3 is 2.50 bits per heavy atom. The van der Waals surface area contributed by atoms with Crippen LogP contribution in [0, 0.1) is 5.82 Å². The van der Waals surface area contributed by atoms with Crippen LogP contribution in [0.1, 0.15) is 24.0 Å². The molecule has 0 aliphatic carbocycles. The molecule has 0 fully saturated rings. The first kappa shape index (κ1) is 16.0. The second-order valence-corrected chi connectivity index (χ2v) is 5.72. The van der Waals surface area contributed by atoms with Crippen molar-refractivity contribution in [3.63, 3.8) is 0 Å². The van der Waals surface area contributed by atoms with Crippen LogP contribution in [0.25, 0.3) is 11.0 Å². The van der Waals surface area contributed by atoms with E-state index in [1.165, 1.54) is 12.1 Å². The second kappa shape index (κ2) is 7.12. The first-order chi connectivity index (χ1) is 11.6. The summed E-state index contributed by atoms with van der Waals surface area (Å²) in [6, 6.07) is 11.8. The highest BCUT2D eigenvalue weighted by atomic mass is 19.1. The van der Waals surface area contributed by atoms with Gasteiger partial charge in [0.1, 0.15) is 5.82 Å². The van der Waals surface area contributed by atoms with Gasteiger partial charge in [-0.05, 0) is 48.2 Å². The van der Waals surface area contributed by atoms with E-state index in [1.807, 2.05) is 18.2 Å². The molecule has 0 radical (unpaired) electrons. The quantitative estimate of drug-likeness (QED) is 0.651. The van der Waals surface area contributed by atoms with E-state index in [9.17, 15) is 14.0 Å². The predicted octanol–water partition coefficient (Wildman–Crippen LogP) is 2.63. The Morgan fingerprint density at radius 1 is 1.00 bits per heavy atom. The largest absolute Gasteiger partial charge is 0.352 e. The maximum absolute atomic E-state index is 12.8. The van der Waals surface area contributed by atoms with Gasteiger partial charge in [0.05, 0.1) is 11.0 Å². The van der Waals surface area contributed by atoms with Gasteiger partial charge in [0.25, 0.3) is 0 Å². The van der Waals surface area contributed by atoms with Crippen LogP contribution in [-0.2, 0) is 17.8 Å². The van der Waals surface area contributed by atoms with E-state index < -0.39 is 0 Å². The zero-order valence-corrected chi connectivity index (χ0v) is 13.1. The summed E-state index contributed by atoms with van der Waals surface area (Å²) < 4.78 is 12.8. The minimum atomic E-state index is -0.253. The maximum atomic E-state index is 12.8. The van der Waals surface area contributed by atoms with Crippen molar-refractivity contribution in [2.75, 3.05) is 0 Å². The number of carbonyl (C=O) groups is 1. The number of carbonyl (C=O) groups excluding carboxylic acids is 1. The van der Waals surface area contributed by atoms with Crippen LogP contribution in [0.15, 0.2) is 47.3 Å². The van der Waals surface area contributed by atoms with Crippen LogP contribution in [0.2, 0.25) is 0 Å². The fourth-order valence-electron chi connectivity index (χ4n) is 2.58. The average molecular weight is 327 g/mol. The van der Waals surface area contributed by atoms with E-state index in [4.69, 9.17) is 0 Å². The summed E-state index contributed by atoms with van der Waals surface area (Å²) in [7, 11) is 0. The van der Waals surface area contributed by atoms with E-state index in [0.29, 0.717) is 19.4 Å². The molecule has 2 aromatic carbocycles. The number of amides is 1. The summed E-state index contributed by atoms with van der Waals surface area (Å²) in [4.78, 5) is 28.5. The van der Waals surface area contributed by atoms with Gasteiger partial charge in [0.2, 0.25) is 5.91 Å². The Kier molecular flexibility index (Phi) is 4.74. The van der Waals surface area contributed by atoms with Gasteiger partial charge in [-0.1, -0.05) is 18.2 Å². The minimum absolute atomic E-state index is 0.0280. The van der Waals surface area contributed by atoms with Crippen LogP contribution in [-0.4, -0.2) is 15.9 Å². The van der Waals surface area contributed by atoms with Crippen molar-refractivity contribution in [2.45, 2.75) is 25.8 Å². The fraction of sp³-hybridized carbons (Fsp3) is 0.222. The number of hydrogen-bond donors (Lipinski definition) is 3. The lowest BCUT2D eigenvalue weighted by Crippen LogP contribution is -2.22. The van der Waals surface area contributed by atoms with Gasteiger partial charge >= 0.3 is 5.69 Å². The molecule has 3 aromatic rings. The summed E-state index contributed by atoms with van der Waals surface area (Å²) >= 11 is 0. The second-order valence-electron chi connectivity index (χ2n) is 5.72. The van der Waals surface area contributed by atoms with E-state index >= 15 is 0 Å². The van der Waals surface area contributed by atoms with Gasteiger partial charge in [0.15, 0.2) is 0 Å². The van der Waals surface area contributed by atoms with Gasteiger partial charge in [-0.15, -0.1) is 0 Å². The third-order valence-corrected chi connectivity index (χ3v) is 3.85. The lowest BCUT2D eigenvalue weighted by atomic mass is 10.1. The number of nitrogens with one attached hydrogen (secondary N) is 3. The lowest BCUT2D eigenvalue weighted by Gasteiger charge is -2.06. The van der Waals surface area contributed by atoms with Crippen LogP contribution < -0.4 is 11.0 Å². The number of aromatic nitrogens is 2. The molecule has 1 amide bonds. The molecular formula is C18H18FN3O2. The summed E-state index contributed by atoms with van der Waals surface area (Å²) in [5.41, 5.74) is 3.17. The third-order valence-electron chi connectivity index (χ3n) is 3.85.